The Hall–Kier alpha value is -2.70. The van der Waals surface area contributed by atoms with E-state index in [0.29, 0.717) is 0 Å². The molecular formula is C10H7N3O4. The number of nitrogens with one attached hydrogen (secondary N) is 1. The highest BCUT2D eigenvalue weighted by molar-refractivity contribution is 6.21. The number of amides is 3. The summed E-state index contributed by atoms with van der Waals surface area (Å²) in [6, 6.07) is 4.74. The van der Waals surface area contributed by atoms with Gasteiger partial charge in [0, 0.05) is 12.1 Å². The van der Waals surface area contributed by atoms with Crippen molar-refractivity contribution >= 4 is 23.3 Å². The van der Waals surface area contributed by atoms with Gasteiger partial charge in [0.15, 0.2) is 0 Å². The van der Waals surface area contributed by atoms with Crippen LogP contribution in [-0.4, -0.2) is 16.9 Å². The van der Waals surface area contributed by atoms with Gasteiger partial charge < -0.3 is 0 Å². The van der Waals surface area contributed by atoms with Crippen LogP contribution in [0.1, 0.15) is 0 Å². The molecule has 1 heterocycles. The largest absolute Gasteiger partial charge is 0.333 e. The van der Waals surface area contributed by atoms with E-state index in [1.807, 2.05) is 5.32 Å². The number of benzene rings is 1. The van der Waals surface area contributed by atoms with Crippen molar-refractivity contribution in [3.63, 3.8) is 0 Å². The van der Waals surface area contributed by atoms with Crippen molar-refractivity contribution in [2.75, 3.05) is 4.90 Å². The van der Waals surface area contributed by atoms with Gasteiger partial charge in [0.2, 0.25) is 0 Å². The fourth-order valence-corrected chi connectivity index (χ4v) is 1.47. The number of nitro benzene ring substituents is 1. The third kappa shape index (κ3) is 1.73. The summed E-state index contributed by atoms with van der Waals surface area (Å²) in [6.07, 6.45) is 0. The zero-order chi connectivity index (χ0) is 12.6. The summed E-state index contributed by atoms with van der Waals surface area (Å²) in [6.45, 7) is 3.44. The van der Waals surface area contributed by atoms with Gasteiger partial charge in [-0.1, -0.05) is 12.6 Å². The number of hydrogen-bond donors (Lipinski definition) is 1. The minimum Gasteiger partial charge on any atom is -0.272 e. The maximum Gasteiger partial charge on any atom is 0.333 e. The predicted octanol–water partition coefficient (Wildman–Crippen LogP) is 1.16. The monoisotopic (exact) mass is 233 g/mol. The number of carbonyl (C=O) groups is 2. The normalized spacial score (nSPS) is 15.1. The van der Waals surface area contributed by atoms with Crippen molar-refractivity contribution in [3.05, 3.63) is 46.7 Å². The summed E-state index contributed by atoms with van der Waals surface area (Å²) in [5.41, 5.74) is 0.00509. The number of non-ortho nitro benzene ring substituents is 1. The molecule has 0 bridgehead atoms. The van der Waals surface area contributed by atoms with E-state index in [1.54, 1.807) is 0 Å². The van der Waals surface area contributed by atoms with Gasteiger partial charge in [0.25, 0.3) is 11.6 Å². The lowest BCUT2D eigenvalue weighted by Gasteiger charge is -2.13. The van der Waals surface area contributed by atoms with E-state index in [9.17, 15) is 19.7 Å². The summed E-state index contributed by atoms with van der Waals surface area (Å²) in [4.78, 5) is 33.6. The lowest BCUT2D eigenvalue weighted by molar-refractivity contribution is -0.384. The van der Waals surface area contributed by atoms with Crippen LogP contribution >= 0.6 is 0 Å². The SMILES string of the molecule is C=C1C(=O)NC(=O)N1c1cccc([N+](=O)[O-])c1. The highest BCUT2D eigenvalue weighted by Gasteiger charge is 2.33. The summed E-state index contributed by atoms with van der Waals surface area (Å²) < 4.78 is 0. The Balaban J connectivity index is 2.44. The van der Waals surface area contributed by atoms with Gasteiger partial charge in [-0.25, -0.2) is 4.79 Å². The van der Waals surface area contributed by atoms with Gasteiger partial charge in [0.05, 0.1) is 10.6 Å². The number of nitrogens with zero attached hydrogens (tertiary/aromatic N) is 2. The molecule has 7 heteroatoms. The van der Waals surface area contributed by atoms with Crippen molar-refractivity contribution in [1.29, 1.82) is 0 Å². The molecule has 1 aromatic rings. The smallest absolute Gasteiger partial charge is 0.272 e. The number of imide groups is 1. The van der Waals surface area contributed by atoms with E-state index in [4.69, 9.17) is 0 Å². The number of carbonyl (C=O) groups excluding carboxylic acids is 2. The summed E-state index contributed by atoms with van der Waals surface area (Å²) >= 11 is 0. The maximum absolute atomic E-state index is 11.4. The van der Waals surface area contributed by atoms with Crippen LogP contribution in [0.4, 0.5) is 16.2 Å². The Bertz CT molecular complexity index is 552. The molecule has 7 nitrogen and oxygen atoms in total. The molecule has 2 rings (SSSR count). The van der Waals surface area contributed by atoms with Gasteiger partial charge in [0.1, 0.15) is 5.70 Å². The van der Waals surface area contributed by atoms with Crippen LogP contribution in [-0.2, 0) is 4.79 Å². The highest BCUT2D eigenvalue weighted by Crippen LogP contribution is 2.26. The standard InChI is InChI=1S/C10H7N3O4/c1-6-9(14)11-10(15)12(6)7-3-2-4-8(5-7)13(16)17/h2-5H,1H2,(H,11,14,15). The second-order valence-corrected chi connectivity index (χ2v) is 3.32. The quantitative estimate of drug-likeness (QED) is 0.359. The van der Waals surface area contributed by atoms with Gasteiger partial charge in [-0.15, -0.1) is 0 Å². The Morgan fingerprint density at radius 2 is 2.06 bits per heavy atom. The Morgan fingerprint density at radius 1 is 1.35 bits per heavy atom. The van der Waals surface area contributed by atoms with Crippen LogP contribution in [0.2, 0.25) is 0 Å². The highest BCUT2D eigenvalue weighted by atomic mass is 16.6. The molecule has 1 aliphatic rings. The van der Waals surface area contributed by atoms with Gasteiger partial charge >= 0.3 is 6.03 Å². The van der Waals surface area contributed by atoms with E-state index >= 15 is 0 Å². The summed E-state index contributed by atoms with van der Waals surface area (Å²) in [7, 11) is 0. The number of hydrogen-bond acceptors (Lipinski definition) is 4. The first kappa shape index (κ1) is 10.8. The van der Waals surface area contributed by atoms with Crippen molar-refractivity contribution in [3.8, 4) is 0 Å². The van der Waals surface area contributed by atoms with Crippen molar-refractivity contribution in [2.45, 2.75) is 0 Å². The summed E-state index contributed by atoms with van der Waals surface area (Å²) in [5, 5.41) is 12.6. The van der Waals surface area contributed by atoms with E-state index in [-0.39, 0.29) is 17.1 Å². The lowest BCUT2D eigenvalue weighted by atomic mass is 10.2. The van der Waals surface area contributed by atoms with E-state index in [1.165, 1.54) is 24.3 Å². The average Bonchev–Trinajstić information content (AvgIpc) is 2.53. The van der Waals surface area contributed by atoms with Crippen LogP contribution in [0.15, 0.2) is 36.5 Å². The fraction of sp³-hybridized carbons (Fsp3) is 0. The minimum atomic E-state index is -0.666. The molecule has 1 aromatic carbocycles. The molecule has 1 N–H and O–H groups in total. The molecule has 1 aliphatic heterocycles. The van der Waals surface area contributed by atoms with Gasteiger partial charge in [-0.3, -0.25) is 25.1 Å². The first-order valence-electron chi connectivity index (χ1n) is 4.59. The predicted molar refractivity (Wildman–Crippen MR) is 58.3 cm³/mol. The van der Waals surface area contributed by atoms with Crippen molar-refractivity contribution in [2.24, 2.45) is 0 Å². The Labute approximate surface area is 95.5 Å². The molecule has 1 fully saturated rings. The molecule has 1 saturated heterocycles. The Morgan fingerprint density at radius 3 is 2.59 bits per heavy atom. The average molecular weight is 233 g/mol. The molecule has 86 valence electrons. The molecule has 0 atom stereocenters. The number of anilines is 1. The maximum atomic E-state index is 11.4. The molecule has 3 amide bonds. The lowest BCUT2D eigenvalue weighted by Crippen LogP contribution is -2.27. The third-order valence-corrected chi connectivity index (χ3v) is 2.25. The summed E-state index contributed by atoms with van der Waals surface area (Å²) in [5.74, 6) is -0.610. The van der Waals surface area contributed by atoms with E-state index in [0.717, 1.165) is 4.90 Å². The van der Waals surface area contributed by atoms with E-state index in [2.05, 4.69) is 6.58 Å². The second kappa shape index (κ2) is 3.71. The van der Waals surface area contributed by atoms with Crippen LogP contribution in [0, 0.1) is 10.1 Å². The van der Waals surface area contributed by atoms with Crippen LogP contribution in [0.5, 0.6) is 0 Å². The van der Waals surface area contributed by atoms with E-state index < -0.39 is 16.9 Å². The van der Waals surface area contributed by atoms with Crippen LogP contribution in [0.25, 0.3) is 0 Å². The van der Waals surface area contributed by atoms with Gasteiger partial charge in [-0.2, -0.15) is 0 Å². The first-order valence-corrected chi connectivity index (χ1v) is 4.59. The fourth-order valence-electron chi connectivity index (χ4n) is 1.47. The topological polar surface area (TPSA) is 92.6 Å². The molecule has 0 saturated carbocycles. The Kier molecular flexibility index (Phi) is 2.36. The number of rotatable bonds is 2. The molecule has 0 spiro atoms. The van der Waals surface area contributed by atoms with Crippen molar-refractivity contribution < 1.29 is 14.5 Å². The molecule has 0 unspecified atom stereocenters. The van der Waals surface area contributed by atoms with Crippen LogP contribution < -0.4 is 10.2 Å². The zero-order valence-electron chi connectivity index (χ0n) is 8.54. The molecule has 0 aromatic heterocycles. The van der Waals surface area contributed by atoms with Crippen LogP contribution in [0.3, 0.4) is 0 Å². The second-order valence-electron chi connectivity index (χ2n) is 3.32. The number of nitro groups is 1. The third-order valence-electron chi connectivity index (χ3n) is 2.25. The molecule has 17 heavy (non-hydrogen) atoms. The zero-order valence-corrected chi connectivity index (χ0v) is 8.54. The molecular weight excluding hydrogens is 226 g/mol. The number of urea groups is 1. The molecule has 0 aliphatic carbocycles. The minimum absolute atomic E-state index is 0.0597. The van der Waals surface area contributed by atoms with Crippen molar-refractivity contribution in [1.82, 2.24) is 5.32 Å². The van der Waals surface area contributed by atoms with Gasteiger partial charge in [-0.05, 0) is 6.07 Å². The molecule has 0 radical (unpaired) electrons. The first-order chi connectivity index (χ1) is 8.00.